The summed E-state index contributed by atoms with van der Waals surface area (Å²) < 4.78 is 0. The van der Waals surface area contributed by atoms with Gasteiger partial charge in [0.2, 0.25) is 0 Å². The van der Waals surface area contributed by atoms with Crippen LogP contribution in [0.4, 0.5) is 0 Å². The van der Waals surface area contributed by atoms with E-state index in [-0.39, 0.29) is 11.5 Å². The minimum absolute atomic E-state index is 0.204. The third kappa shape index (κ3) is 3.03. The Labute approximate surface area is 128 Å². The Morgan fingerprint density at radius 2 is 1.43 bits per heavy atom. The normalized spacial score (nSPS) is 18.5. The van der Waals surface area contributed by atoms with Crippen molar-refractivity contribution in [1.82, 2.24) is 0 Å². The van der Waals surface area contributed by atoms with Gasteiger partial charge >= 0.3 is 0 Å². The van der Waals surface area contributed by atoms with Crippen molar-refractivity contribution in [1.29, 1.82) is 0 Å². The Hall–Kier alpha value is -1.60. The molecule has 3 rings (SSSR count). The lowest BCUT2D eigenvalue weighted by molar-refractivity contribution is 0.334. The average molecular weight is 279 g/mol. The van der Waals surface area contributed by atoms with E-state index in [0.717, 1.165) is 12.8 Å². The van der Waals surface area contributed by atoms with Crippen LogP contribution in [-0.4, -0.2) is 6.04 Å². The quantitative estimate of drug-likeness (QED) is 0.859. The number of nitrogens with two attached hydrogens (primary N) is 1. The van der Waals surface area contributed by atoms with E-state index in [0.29, 0.717) is 0 Å². The lowest BCUT2D eigenvalue weighted by Crippen LogP contribution is -2.43. The molecule has 1 aliphatic rings. The number of benzene rings is 2. The molecule has 1 fully saturated rings. The predicted octanol–water partition coefficient (Wildman–Crippen LogP) is 4.46. The van der Waals surface area contributed by atoms with Crippen LogP contribution in [0.1, 0.15) is 43.2 Å². The van der Waals surface area contributed by atoms with Crippen LogP contribution in [0.15, 0.2) is 60.7 Å². The zero-order chi connectivity index (χ0) is 14.5. The first-order valence-electron chi connectivity index (χ1n) is 8.16. The van der Waals surface area contributed by atoms with Crippen LogP contribution in [0.25, 0.3) is 0 Å². The van der Waals surface area contributed by atoms with E-state index in [1.807, 2.05) is 0 Å². The van der Waals surface area contributed by atoms with Crippen molar-refractivity contribution in [3.63, 3.8) is 0 Å². The largest absolute Gasteiger partial charge is 0.327 e. The van der Waals surface area contributed by atoms with Crippen molar-refractivity contribution in [2.75, 3.05) is 0 Å². The summed E-state index contributed by atoms with van der Waals surface area (Å²) in [4.78, 5) is 0. The van der Waals surface area contributed by atoms with E-state index in [1.54, 1.807) is 0 Å². The van der Waals surface area contributed by atoms with Gasteiger partial charge in [-0.1, -0.05) is 73.5 Å². The topological polar surface area (TPSA) is 26.0 Å². The summed E-state index contributed by atoms with van der Waals surface area (Å²) in [6, 6.07) is 21.9. The van der Waals surface area contributed by atoms with Gasteiger partial charge in [-0.25, -0.2) is 0 Å². The maximum atomic E-state index is 6.69. The Bertz CT molecular complexity index is 541. The van der Waals surface area contributed by atoms with Crippen LogP contribution >= 0.6 is 0 Å². The van der Waals surface area contributed by atoms with E-state index < -0.39 is 0 Å². The number of hydrogen-bond acceptors (Lipinski definition) is 1. The lowest BCUT2D eigenvalue weighted by atomic mass is 9.71. The molecule has 0 saturated heterocycles. The van der Waals surface area contributed by atoms with Crippen LogP contribution in [0.2, 0.25) is 0 Å². The van der Waals surface area contributed by atoms with Crippen molar-refractivity contribution in [2.45, 2.75) is 50.0 Å². The fourth-order valence-corrected chi connectivity index (χ4v) is 3.89. The summed E-state index contributed by atoms with van der Waals surface area (Å²) in [6.45, 7) is 0. The molecule has 110 valence electrons. The summed E-state index contributed by atoms with van der Waals surface area (Å²) in [5.74, 6) is 0. The van der Waals surface area contributed by atoms with Crippen molar-refractivity contribution >= 4 is 0 Å². The van der Waals surface area contributed by atoms with Gasteiger partial charge in [0.25, 0.3) is 0 Å². The summed E-state index contributed by atoms with van der Waals surface area (Å²) in [5, 5.41) is 0. The monoisotopic (exact) mass is 279 g/mol. The first-order valence-corrected chi connectivity index (χ1v) is 8.16. The molecule has 1 unspecified atom stereocenters. The van der Waals surface area contributed by atoms with Crippen molar-refractivity contribution in [2.24, 2.45) is 5.73 Å². The van der Waals surface area contributed by atoms with Crippen molar-refractivity contribution in [3.8, 4) is 0 Å². The molecule has 1 atom stereocenters. The van der Waals surface area contributed by atoms with E-state index >= 15 is 0 Å². The maximum absolute atomic E-state index is 6.69. The molecule has 1 nitrogen and oxygen atoms in total. The van der Waals surface area contributed by atoms with Gasteiger partial charge < -0.3 is 5.73 Å². The van der Waals surface area contributed by atoms with Crippen molar-refractivity contribution in [3.05, 3.63) is 71.8 Å². The van der Waals surface area contributed by atoms with Gasteiger partial charge in [-0.15, -0.1) is 0 Å². The van der Waals surface area contributed by atoms with E-state index in [9.17, 15) is 0 Å². The molecule has 1 aliphatic carbocycles. The third-order valence-corrected chi connectivity index (χ3v) is 5.14. The first kappa shape index (κ1) is 14.3. The average Bonchev–Trinajstić information content (AvgIpc) is 3.05. The zero-order valence-corrected chi connectivity index (χ0v) is 12.7. The van der Waals surface area contributed by atoms with Gasteiger partial charge in [0.05, 0.1) is 0 Å². The smallest absolute Gasteiger partial charge is 0.0139 e. The molecule has 0 aliphatic heterocycles. The summed E-state index contributed by atoms with van der Waals surface area (Å²) >= 11 is 0. The highest BCUT2D eigenvalue weighted by molar-refractivity contribution is 5.29. The molecule has 0 bridgehead atoms. The van der Waals surface area contributed by atoms with E-state index in [1.165, 1.54) is 36.8 Å². The van der Waals surface area contributed by atoms with Gasteiger partial charge in [-0.3, -0.25) is 0 Å². The molecule has 0 amide bonds. The van der Waals surface area contributed by atoms with Gasteiger partial charge in [0, 0.05) is 11.5 Å². The van der Waals surface area contributed by atoms with Crippen LogP contribution in [0.3, 0.4) is 0 Å². The number of aryl methyl sites for hydroxylation is 1. The lowest BCUT2D eigenvalue weighted by Gasteiger charge is -2.36. The molecular weight excluding hydrogens is 254 g/mol. The summed E-state index contributed by atoms with van der Waals surface area (Å²) in [5.41, 5.74) is 9.74. The highest BCUT2D eigenvalue weighted by Gasteiger charge is 2.40. The molecule has 2 N–H and O–H groups in total. The summed E-state index contributed by atoms with van der Waals surface area (Å²) in [6.07, 6.45) is 7.26. The molecule has 2 aromatic rings. The second kappa shape index (κ2) is 6.44. The van der Waals surface area contributed by atoms with Crippen molar-refractivity contribution < 1.29 is 0 Å². The predicted molar refractivity (Wildman–Crippen MR) is 89.3 cm³/mol. The fourth-order valence-electron chi connectivity index (χ4n) is 3.89. The van der Waals surface area contributed by atoms with Crippen LogP contribution in [0.5, 0.6) is 0 Å². The van der Waals surface area contributed by atoms with Crippen LogP contribution < -0.4 is 5.73 Å². The summed E-state index contributed by atoms with van der Waals surface area (Å²) in [7, 11) is 0. The molecule has 0 aromatic heterocycles. The molecule has 0 heterocycles. The zero-order valence-electron chi connectivity index (χ0n) is 12.7. The highest BCUT2D eigenvalue weighted by atomic mass is 14.7. The van der Waals surface area contributed by atoms with Gasteiger partial charge in [-0.05, 0) is 36.8 Å². The molecule has 0 radical (unpaired) electrons. The number of hydrogen-bond donors (Lipinski definition) is 1. The highest BCUT2D eigenvalue weighted by Crippen LogP contribution is 2.44. The molecular formula is C20H25N. The molecule has 1 heteroatoms. The Morgan fingerprint density at radius 1 is 0.857 bits per heavy atom. The molecule has 2 aromatic carbocycles. The fraction of sp³-hybridized carbons (Fsp3) is 0.400. The second-order valence-electron chi connectivity index (χ2n) is 6.36. The Kier molecular flexibility index (Phi) is 4.40. The minimum Gasteiger partial charge on any atom is -0.327 e. The molecule has 0 spiro atoms. The van der Waals surface area contributed by atoms with Gasteiger partial charge in [0.15, 0.2) is 0 Å². The SMILES string of the molecule is NC(CCc1ccccc1)C1(c2ccccc2)CCCC1. The Morgan fingerprint density at radius 3 is 2.05 bits per heavy atom. The molecule has 1 saturated carbocycles. The standard InChI is InChI=1S/C20H25N/c21-19(14-13-17-9-3-1-4-10-17)20(15-7-8-16-20)18-11-5-2-6-12-18/h1-6,9-12,19H,7-8,13-16,21H2. The van der Waals surface area contributed by atoms with Crippen LogP contribution in [-0.2, 0) is 11.8 Å². The Balaban J connectivity index is 1.75. The van der Waals surface area contributed by atoms with Gasteiger partial charge in [-0.2, -0.15) is 0 Å². The van der Waals surface area contributed by atoms with Gasteiger partial charge in [0.1, 0.15) is 0 Å². The van der Waals surface area contributed by atoms with Crippen LogP contribution in [0, 0.1) is 0 Å². The molecule has 21 heavy (non-hydrogen) atoms. The first-order chi connectivity index (χ1) is 10.3. The third-order valence-electron chi connectivity index (χ3n) is 5.14. The minimum atomic E-state index is 0.204. The van der Waals surface area contributed by atoms with E-state index in [2.05, 4.69) is 60.7 Å². The van der Waals surface area contributed by atoms with E-state index in [4.69, 9.17) is 5.73 Å². The number of rotatable bonds is 5. The maximum Gasteiger partial charge on any atom is 0.0139 e. The second-order valence-corrected chi connectivity index (χ2v) is 6.36.